The number of aliphatic hydroxyl groups excluding tert-OH is 1. The minimum absolute atomic E-state index is 0.233. The SMILES string of the molecule is CN(C)C[C@]12C=C[C@@](C)(C[C@H](O)C1)O2. The van der Waals surface area contributed by atoms with Crippen molar-refractivity contribution < 1.29 is 9.84 Å². The van der Waals surface area contributed by atoms with Crippen molar-refractivity contribution in [1.29, 1.82) is 0 Å². The molecule has 2 bridgehead atoms. The quantitative estimate of drug-likeness (QED) is 0.664. The maximum Gasteiger partial charge on any atom is 0.103 e. The van der Waals surface area contributed by atoms with Gasteiger partial charge in [-0.3, -0.25) is 0 Å². The first kappa shape index (κ1) is 10.1. The molecule has 0 amide bonds. The number of aliphatic hydroxyl groups is 1. The molecule has 3 heteroatoms. The van der Waals surface area contributed by atoms with E-state index < -0.39 is 0 Å². The van der Waals surface area contributed by atoms with Gasteiger partial charge in [0.05, 0.1) is 11.7 Å². The summed E-state index contributed by atoms with van der Waals surface area (Å²) in [4.78, 5) is 2.11. The van der Waals surface area contributed by atoms with Crippen molar-refractivity contribution in [1.82, 2.24) is 4.90 Å². The maximum absolute atomic E-state index is 9.79. The van der Waals surface area contributed by atoms with Gasteiger partial charge in [0.1, 0.15) is 5.60 Å². The van der Waals surface area contributed by atoms with Gasteiger partial charge in [0.15, 0.2) is 0 Å². The molecule has 2 aliphatic heterocycles. The van der Waals surface area contributed by atoms with Crippen LogP contribution < -0.4 is 0 Å². The summed E-state index contributed by atoms with van der Waals surface area (Å²) in [6.07, 6.45) is 5.44. The third-order valence-electron chi connectivity index (χ3n) is 2.98. The van der Waals surface area contributed by atoms with Crippen molar-refractivity contribution in [2.24, 2.45) is 0 Å². The summed E-state index contributed by atoms with van der Waals surface area (Å²) in [6.45, 7) is 2.89. The van der Waals surface area contributed by atoms with Gasteiger partial charge in [-0.05, 0) is 21.0 Å². The molecule has 0 aromatic rings. The Morgan fingerprint density at radius 2 is 2.14 bits per heavy atom. The Kier molecular flexibility index (Phi) is 2.21. The largest absolute Gasteiger partial charge is 0.393 e. The van der Waals surface area contributed by atoms with Gasteiger partial charge in [0.25, 0.3) is 0 Å². The van der Waals surface area contributed by atoms with Crippen molar-refractivity contribution in [3.8, 4) is 0 Å². The van der Waals surface area contributed by atoms with Crippen LogP contribution in [0.4, 0.5) is 0 Å². The minimum Gasteiger partial charge on any atom is -0.393 e. The van der Waals surface area contributed by atoms with E-state index in [4.69, 9.17) is 4.74 Å². The van der Waals surface area contributed by atoms with Crippen LogP contribution in [0, 0.1) is 0 Å². The average Bonchev–Trinajstić information content (AvgIpc) is 2.19. The number of ether oxygens (including phenoxy) is 1. The fraction of sp³-hybridized carbons (Fsp3) is 0.818. The molecule has 0 aromatic carbocycles. The van der Waals surface area contributed by atoms with E-state index in [0.29, 0.717) is 0 Å². The number of likely N-dealkylation sites (N-methyl/N-ethyl adjacent to an activating group) is 1. The molecular formula is C11H19NO2. The van der Waals surface area contributed by atoms with E-state index in [2.05, 4.69) is 17.1 Å². The first-order valence-corrected chi connectivity index (χ1v) is 5.16. The summed E-state index contributed by atoms with van der Waals surface area (Å²) >= 11 is 0. The van der Waals surface area contributed by atoms with Crippen LogP contribution in [0.2, 0.25) is 0 Å². The molecule has 2 rings (SSSR count). The lowest BCUT2D eigenvalue weighted by molar-refractivity contribution is -0.156. The van der Waals surface area contributed by atoms with E-state index in [-0.39, 0.29) is 17.3 Å². The highest BCUT2D eigenvalue weighted by Gasteiger charge is 2.48. The topological polar surface area (TPSA) is 32.7 Å². The summed E-state index contributed by atoms with van der Waals surface area (Å²) in [5.41, 5.74) is -0.496. The van der Waals surface area contributed by atoms with Crippen molar-refractivity contribution >= 4 is 0 Å². The van der Waals surface area contributed by atoms with Crippen LogP contribution in [0.15, 0.2) is 12.2 Å². The molecule has 1 fully saturated rings. The first-order chi connectivity index (χ1) is 6.43. The molecule has 80 valence electrons. The standard InChI is InChI=1S/C11H19NO2/c1-10-4-5-11(14-10,8-12(2)3)7-9(13)6-10/h4-5,9,13H,6-8H2,1-3H3/t9-,10-,11-/m0/s1. The Hall–Kier alpha value is -0.380. The highest BCUT2D eigenvalue weighted by Crippen LogP contribution is 2.43. The third-order valence-corrected chi connectivity index (χ3v) is 2.98. The highest BCUT2D eigenvalue weighted by molar-refractivity contribution is 5.21. The molecule has 14 heavy (non-hydrogen) atoms. The summed E-state index contributed by atoms with van der Waals surface area (Å²) in [6, 6.07) is 0. The molecule has 0 spiro atoms. The molecule has 0 aromatic heterocycles. The van der Waals surface area contributed by atoms with Crippen LogP contribution in [0.1, 0.15) is 19.8 Å². The van der Waals surface area contributed by atoms with E-state index in [1.54, 1.807) is 0 Å². The number of fused-ring (bicyclic) bond motifs is 2. The molecule has 0 unspecified atom stereocenters. The minimum atomic E-state index is -0.254. The first-order valence-electron chi connectivity index (χ1n) is 5.16. The molecule has 3 nitrogen and oxygen atoms in total. The normalized spacial score (nSPS) is 46.2. The van der Waals surface area contributed by atoms with E-state index in [0.717, 1.165) is 19.4 Å². The Labute approximate surface area is 85.4 Å². The van der Waals surface area contributed by atoms with E-state index in [1.165, 1.54) is 0 Å². The molecule has 1 N–H and O–H groups in total. The second kappa shape index (κ2) is 3.05. The smallest absolute Gasteiger partial charge is 0.103 e. The number of rotatable bonds is 2. The number of hydrogen-bond donors (Lipinski definition) is 1. The van der Waals surface area contributed by atoms with Crippen molar-refractivity contribution in [3.05, 3.63) is 12.2 Å². The lowest BCUT2D eigenvalue weighted by Crippen LogP contribution is -2.50. The zero-order valence-electron chi connectivity index (χ0n) is 9.16. The van der Waals surface area contributed by atoms with Gasteiger partial charge >= 0.3 is 0 Å². The van der Waals surface area contributed by atoms with Gasteiger partial charge in [-0.15, -0.1) is 0 Å². The van der Waals surface area contributed by atoms with Gasteiger partial charge in [0.2, 0.25) is 0 Å². The fourth-order valence-electron chi connectivity index (χ4n) is 2.70. The van der Waals surface area contributed by atoms with Gasteiger partial charge in [0, 0.05) is 19.4 Å². The lowest BCUT2D eigenvalue weighted by atomic mass is 9.90. The van der Waals surface area contributed by atoms with Crippen molar-refractivity contribution in [3.63, 3.8) is 0 Å². The molecule has 0 aliphatic carbocycles. The Morgan fingerprint density at radius 1 is 1.43 bits per heavy atom. The summed E-state index contributed by atoms with van der Waals surface area (Å²) in [5.74, 6) is 0. The summed E-state index contributed by atoms with van der Waals surface area (Å²) in [7, 11) is 4.06. The Morgan fingerprint density at radius 3 is 2.79 bits per heavy atom. The number of hydrogen-bond acceptors (Lipinski definition) is 3. The van der Waals surface area contributed by atoms with Crippen LogP contribution >= 0.6 is 0 Å². The Balaban J connectivity index is 2.17. The number of nitrogens with zero attached hydrogens (tertiary/aromatic N) is 1. The predicted octanol–water partition coefficient (Wildman–Crippen LogP) is 0.787. The molecule has 3 atom stereocenters. The second-order valence-electron chi connectivity index (χ2n) is 5.11. The Bertz CT molecular complexity index is 260. The molecule has 0 saturated carbocycles. The van der Waals surface area contributed by atoms with Gasteiger partial charge in [-0.2, -0.15) is 0 Å². The van der Waals surface area contributed by atoms with E-state index in [1.807, 2.05) is 21.0 Å². The zero-order valence-corrected chi connectivity index (χ0v) is 9.16. The second-order valence-corrected chi connectivity index (χ2v) is 5.11. The van der Waals surface area contributed by atoms with E-state index in [9.17, 15) is 5.11 Å². The van der Waals surface area contributed by atoms with Crippen LogP contribution in [-0.4, -0.2) is 48.0 Å². The van der Waals surface area contributed by atoms with Crippen LogP contribution in [0.25, 0.3) is 0 Å². The van der Waals surface area contributed by atoms with Crippen LogP contribution in [0.5, 0.6) is 0 Å². The maximum atomic E-state index is 9.79. The molecular weight excluding hydrogens is 178 g/mol. The average molecular weight is 197 g/mol. The highest BCUT2D eigenvalue weighted by atomic mass is 16.5. The zero-order chi connectivity index (χ0) is 10.4. The van der Waals surface area contributed by atoms with Gasteiger partial charge in [-0.25, -0.2) is 0 Å². The predicted molar refractivity (Wildman–Crippen MR) is 55.2 cm³/mol. The molecule has 2 aliphatic rings. The third kappa shape index (κ3) is 1.72. The lowest BCUT2D eigenvalue weighted by Gasteiger charge is -2.42. The fourth-order valence-corrected chi connectivity index (χ4v) is 2.70. The monoisotopic (exact) mass is 197 g/mol. The van der Waals surface area contributed by atoms with Crippen LogP contribution in [-0.2, 0) is 4.74 Å². The molecule has 1 saturated heterocycles. The van der Waals surface area contributed by atoms with Crippen molar-refractivity contribution in [2.75, 3.05) is 20.6 Å². The van der Waals surface area contributed by atoms with Gasteiger partial charge in [-0.1, -0.05) is 12.2 Å². The summed E-state index contributed by atoms with van der Waals surface area (Å²) in [5, 5.41) is 9.79. The van der Waals surface area contributed by atoms with Gasteiger partial charge < -0.3 is 14.7 Å². The van der Waals surface area contributed by atoms with Crippen molar-refractivity contribution in [2.45, 2.75) is 37.1 Å². The molecule has 0 radical (unpaired) electrons. The molecule has 2 heterocycles. The summed E-state index contributed by atoms with van der Waals surface area (Å²) < 4.78 is 6.04. The van der Waals surface area contributed by atoms with Crippen LogP contribution in [0.3, 0.4) is 0 Å². The van der Waals surface area contributed by atoms with E-state index >= 15 is 0 Å².